The molecule has 0 aliphatic heterocycles. The van der Waals surface area contributed by atoms with Crippen LogP contribution >= 0.6 is 15.9 Å². The molecule has 5 nitrogen and oxygen atoms in total. The number of benzene rings is 1. The molecule has 128 valence electrons. The molecular weight excluding hydrogens is 384 g/mol. The van der Waals surface area contributed by atoms with Gasteiger partial charge < -0.3 is 5.11 Å². The van der Waals surface area contributed by atoms with Gasteiger partial charge in [-0.3, -0.25) is 9.36 Å². The number of fused-ring (bicyclic) bond motifs is 1. The lowest BCUT2D eigenvalue weighted by atomic mass is 9.97. The molecule has 1 N–H and O–H groups in total. The van der Waals surface area contributed by atoms with Crippen molar-refractivity contribution in [3.63, 3.8) is 0 Å². The monoisotopic (exact) mass is 400 g/mol. The number of nitrogens with zero attached hydrogens (tertiary/aromatic N) is 2. The number of hydrogen-bond donors (Lipinski definition) is 1. The third-order valence-corrected chi connectivity index (χ3v) is 4.63. The second-order valence-corrected chi connectivity index (χ2v) is 6.66. The summed E-state index contributed by atoms with van der Waals surface area (Å²) in [5, 5.41) is 10.4. The summed E-state index contributed by atoms with van der Waals surface area (Å²) in [5.74, 6) is -1.22. The topological polar surface area (TPSA) is 72.2 Å². The van der Waals surface area contributed by atoms with E-state index in [1.165, 1.54) is 4.57 Å². The third kappa shape index (κ3) is 3.22. The van der Waals surface area contributed by atoms with E-state index in [9.17, 15) is 14.7 Å². The maximum absolute atomic E-state index is 12.9. The molecule has 25 heavy (non-hydrogen) atoms. The van der Waals surface area contributed by atoms with Crippen LogP contribution in [-0.4, -0.2) is 20.6 Å². The van der Waals surface area contributed by atoms with Crippen molar-refractivity contribution in [1.29, 1.82) is 0 Å². The molecule has 0 spiro atoms. The van der Waals surface area contributed by atoms with Crippen LogP contribution in [0.3, 0.4) is 0 Å². The number of aromatic nitrogens is 2. The quantitative estimate of drug-likeness (QED) is 0.691. The minimum atomic E-state index is -1.22. The van der Waals surface area contributed by atoms with Gasteiger partial charge in [-0.1, -0.05) is 41.4 Å². The van der Waals surface area contributed by atoms with Crippen LogP contribution in [0.25, 0.3) is 22.2 Å². The first kappa shape index (κ1) is 17.4. The van der Waals surface area contributed by atoms with Gasteiger partial charge >= 0.3 is 5.97 Å². The van der Waals surface area contributed by atoms with Gasteiger partial charge in [0.15, 0.2) is 0 Å². The average molecular weight is 401 g/mol. The van der Waals surface area contributed by atoms with E-state index >= 15 is 0 Å². The van der Waals surface area contributed by atoms with Crippen molar-refractivity contribution in [1.82, 2.24) is 9.55 Å². The number of carboxylic acids is 1. The van der Waals surface area contributed by atoms with Crippen molar-refractivity contribution in [3.05, 3.63) is 63.0 Å². The highest BCUT2D eigenvalue weighted by Gasteiger charge is 2.23. The van der Waals surface area contributed by atoms with Gasteiger partial charge in [-0.25, -0.2) is 9.78 Å². The zero-order valence-corrected chi connectivity index (χ0v) is 15.3. The first-order chi connectivity index (χ1) is 12.0. The van der Waals surface area contributed by atoms with Gasteiger partial charge in [0, 0.05) is 28.2 Å². The molecule has 3 rings (SSSR count). The zero-order chi connectivity index (χ0) is 18.0. The summed E-state index contributed by atoms with van der Waals surface area (Å²) in [5.41, 5.74) is 0.895. The van der Waals surface area contributed by atoms with Crippen molar-refractivity contribution in [2.24, 2.45) is 0 Å². The van der Waals surface area contributed by atoms with E-state index in [4.69, 9.17) is 0 Å². The fourth-order valence-electron chi connectivity index (χ4n) is 2.92. The number of pyridine rings is 2. The smallest absolute Gasteiger partial charge is 0.342 e. The van der Waals surface area contributed by atoms with Gasteiger partial charge in [0.1, 0.15) is 11.2 Å². The first-order valence-electron chi connectivity index (χ1n) is 8.05. The predicted molar refractivity (Wildman–Crippen MR) is 101 cm³/mol. The van der Waals surface area contributed by atoms with E-state index in [1.807, 2.05) is 25.1 Å². The molecule has 0 saturated carbocycles. The molecule has 0 aliphatic rings. The molecule has 0 saturated heterocycles. The molecule has 6 heteroatoms. The van der Waals surface area contributed by atoms with E-state index in [0.717, 1.165) is 17.3 Å². The van der Waals surface area contributed by atoms with Crippen LogP contribution in [0, 0.1) is 0 Å². The minimum absolute atomic E-state index is 0.209. The number of carboxylic acid groups (broad SMARTS) is 1. The van der Waals surface area contributed by atoms with E-state index < -0.39 is 11.5 Å². The summed E-state index contributed by atoms with van der Waals surface area (Å²) in [6, 6.07) is 10.8. The predicted octanol–water partition coefficient (Wildman–Crippen LogP) is 4.32. The van der Waals surface area contributed by atoms with Crippen LogP contribution in [0.1, 0.15) is 30.1 Å². The molecule has 0 fully saturated rings. The van der Waals surface area contributed by atoms with E-state index in [0.29, 0.717) is 28.7 Å². The van der Waals surface area contributed by atoms with Crippen LogP contribution < -0.4 is 5.56 Å². The van der Waals surface area contributed by atoms with E-state index in [-0.39, 0.29) is 5.56 Å². The Morgan fingerprint density at radius 2 is 1.96 bits per heavy atom. The highest BCUT2D eigenvalue weighted by Crippen LogP contribution is 2.30. The minimum Gasteiger partial charge on any atom is -0.477 e. The Morgan fingerprint density at radius 3 is 2.60 bits per heavy atom. The maximum Gasteiger partial charge on any atom is 0.342 e. The molecule has 0 amide bonds. The van der Waals surface area contributed by atoms with Gasteiger partial charge in [-0.15, -0.1) is 0 Å². The molecule has 0 unspecified atom stereocenters. The molecule has 0 aliphatic carbocycles. The number of unbranched alkanes of at least 4 members (excludes halogenated alkanes) is 1. The highest BCUT2D eigenvalue weighted by molar-refractivity contribution is 9.10. The van der Waals surface area contributed by atoms with Gasteiger partial charge in [0.05, 0.1) is 0 Å². The molecule has 2 aromatic heterocycles. The average Bonchev–Trinajstić information content (AvgIpc) is 2.60. The highest BCUT2D eigenvalue weighted by atomic mass is 79.9. The second-order valence-electron chi connectivity index (χ2n) is 5.75. The van der Waals surface area contributed by atoms with Crippen LogP contribution in [-0.2, 0) is 6.54 Å². The normalized spacial score (nSPS) is 11.0. The van der Waals surface area contributed by atoms with Gasteiger partial charge in [0.25, 0.3) is 5.56 Å². The summed E-state index contributed by atoms with van der Waals surface area (Å²) in [4.78, 5) is 29.2. The van der Waals surface area contributed by atoms with Crippen LogP contribution in [0.2, 0.25) is 0 Å². The van der Waals surface area contributed by atoms with Crippen LogP contribution in [0.5, 0.6) is 0 Å². The number of rotatable bonds is 5. The van der Waals surface area contributed by atoms with Crippen LogP contribution in [0.15, 0.2) is 51.9 Å². The number of aromatic carboxylic acids is 1. The molecule has 2 heterocycles. The number of aryl methyl sites for hydroxylation is 1. The van der Waals surface area contributed by atoms with E-state index in [2.05, 4.69) is 20.9 Å². The van der Waals surface area contributed by atoms with Crippen molar-refractivity contribution in [3.8, 4) is 11.1 Å². The van der Waals surface area contributed by atoms with Gasteiger partial charge in [0.2, 0.25) is 0 Å². The lowest BCUT2D eigenvalue weighted by Crippen LogP contribution is -2.28. The molecule has 1 aromatic carbocycles. The molecular formula is C19H17BrN2O3. The van der Waals surface area contributed by atoms with Crippen LogP contribution in [0.4, 0.5) is 0 Å². The largest absolute Gasteiger partial charge is 0.477 e. The van der Waals surface area contributed by atoms with Crippen molar-refractivity contribution in [2.75, 3.05) is 0 Å². The fraction of sp³-hybridized carbons (Fsp3) is 0.211. The van der Waals surface area contributed by atoms with Gasteiger partial charge in [-0.2, -0.15) is 0 Å². The standard InChI is InChI=1S/C19H17BrN2O3/c1-2-3-11-22-17-14(5-4-10-21-17)15(16(18(22)23)19(24)25)12-6-8-13(20)9-7-12/h4-10H,2-3,11H2,1H3,(H,24,25). The summed E-state index contributed by atoms with van der Waals surface area (Å²) in [6.07, 6.45) is 3.30. The summed E-state index contributed by atoms with van der Waals surface area (Å²) in [6.45, 7) is 2.47. The van der Waals surface area contributed by atoms with Gasteiger partial charge in [-0.05, 0) is 36.2 Å². The summed E-state index contributed by atoms with van der Waals surface area (Å²) < 4.78 is 2.36. The first-order valence-corrected chi connectivity index (χ1v) is 8.84. The summed E-state index contributed by atoms with van der Waals surface area (Å²) in [7, 11) is 0. The Balaban J connectivity index is 2.43. The van der Waals surface area contributed by atoms with Crippen molar-refractivity contribution >= 4 is 32.9 Å². The number of carbonyl (C=O) groups is 1. The Kier molecular flexibility index (Phi) is 4.99. The van der Waals surface area contributed by atoms with Crippen molar-refractivity contribution in [2.45, 2.75) is 26.3 Å². The zero-order valence-electron chi connectivity index (χ0n) is 13.7. The Bertz CT molecular complexity index is 994. The Hall–Kier alpha value is -2.47. The van der Waals surface area contributed by atoms with Crippen molar-refractivity contribution < 1.29 is 9.90 Å². The lowest BCUT2D eigenvalue weighted by Gasteiger charge is -2.15. The van der Waals surface area contributed by atoms with E-state index in [1.54, 1.807) is 24.4 Å². The lowest BCUT2D eigenvalue weighted by molar-refractivity contribution is 0.0695. The Labute approximate surface area is 153 Å². The molecule has 3 aromatic rings. The SMILES string of the molecule is CCCCn1c(=O)c(C(=O)O)c(-c2ccc(Br)cc2)c2cccnc21. The number of hydrogen-bond acceptors (Lipinski definition) is 3. The summed E-state index contributed by atoms with van der Waals surface area (Å²) >= 11 is 3.38. The third-order valence-electron chi connectivity index (χ3n) is 4.10. The maximum atomic E-state index is 12.9. The molecule has 0 atom stereocenters. The molecule has 0 bridgehead atoms. The fourth-order valence-corrected chi connectivity index (χ4v) is 3.18. The second kappa shape index (κ2) is 7.19. The molecule has 0 radical (unpaired) electrons. The Morgan fingerprint density at radius 1 is 1.24 bits per heavy atom. The number of halogens is 1.